The van der Waals surface area contributed by atoms with Crippen molar-refractivity contribution < 1.29 is 4.39 Å². The fraction of sp³-hybridized carbons (Fsp3) is 0.188. The Morgan fingerprint density at radius 2 is 2.00 bits per heavy atom. The van der Waals surface area contributed by atoms with E-state index >= 15 is 0 Å². The highest BCUT2D eigenvalue weighted by Gasteiger charge is 2.05. The van der Waals surface area contributed by atoms with Gasteiger partial charge in [-0.25, -0.2) is 4.39 Å². The van der Waals surface area contributed by atoms with Crippen LogP contribution >= 0.6 is 0 Å². The van der Waals surface area contributed by atoms with Gasteiger partial charge in [0.1, 0.15) is 5.82 Å². The van der Waals surface area contributed by atoms with Gasteiger partial charge in [-0.2, -0.15) is 5.26 Å². The zero-order valence-electron chi connectivity index (χ0n) is 10.7. The summed E-state index contributed by atoms with van der Waals surface area (Å²) in [7, 11) is 0. The lowest BCUT2D eigenvalue weighted by Crippen LogP contribution is -2.18. The van der Waals surface area contributed by atoms with Gasteiger partial charge in [0.25, 0.3) is 0 Å². The van der Waals surface area contributed by atoms with Gasteiger partial charge >= 0.3 is 0 Å². The fourth-order valence-electron chi connectivity index (χ4n) is 1.91. The molecule has 0 aliphatic rings. The Morgan fingerprint density at radius 3 is 2.74 bits per heavy atom. The van der Waals surface area contributed by atoms with E-state index in [0.717, 1.165) is 11.1 Å². The molecule has 0 aliphatic carbocycles. The standard InChI is InChI=1S/C16H15FN2/c1-12(15-6-2-4-13(8-15)10-18)19-11-14-5-3-7-16(17)9-14/h2-9,12,19H,11H2,1H3. The van der Waals surface area contributed by atoms with Crippen LogP contribution in [0.4, 0.5) is 4.39 Å². The maximum Gasteiger partial charge on any atom is 0.123 e. The second kappa shape index (κ2) is 6.12. The lowest BCUT2D eigenvalue weighted by atomic mass is 10.1. The second-order valence-corrected chi connectivity index (χ2v) is 4.47. The average molecular weight is 254 g/mol. The Kier molecular flexibility index (Phi) is 4.27. The monoisotopic (exact) mass is 254 g/mol. The van der Waals surface area contributed by atoms with Crippen molar-refractivity contribution in [3.63, 3.8) is 0 Å². The summed E-state index contributed by atoms with van der Waals surface area (Å²) in [4.78, 5) is 0. The maximum atomic E-state index is 13.0. The lowest BCUT2D eigenvalue weighted by molar-refractivity contribution is 0.569. The van der Waals surface area contributed by atoms with E-state index in [0.29, 0.717) is 12.1 Å². The largest absolute Gasteiger partial charge is 0.306 e. The van der Waals surface area contributed by atoms with E-state index in [9.17, 15) is 4.39 Å². The van der Waals surface area contributed by atoms with Gasteiger partial charge in [0.2, 0.25) is 0 Å². The summed E-state index contributed by atoms with van der Waals surface area (Å²) in [6.45, 7) is 2.62. The Bertz CT molecular complexity index is 602. The first-order chi connectivity index (χ1) is 9.19. The molecule has 19 heavy (non-hydrogen) atoms. The minimum atomic E-state index is -0.224. The molecule has 2 aromatic carbocycles. The van der Waals surface area contributed by atoms with E-state index < -0.39 is 0 Å². The van der Waals surface area contributed by atoms with Gasteiger partial charge in [0, 0.05) is 12.6 Å². The summed E-state index contributed by atoms with van der Waals surface area (Å²) in [6.07, 6.45) is 0. The minimum absolute atomic E-state index is 0.108. The van der Waals surface area contributed by atoms with Crippen LogP contribution in [0.5, 0.6) is 0 Å². The van der Waals surface area contributed by atoms with Gasteiger partial charge in [-0.3, -0.25) is 0 Å². The molecule has 1 N–H and O–H groups in total. The van der Waals surface area contributed by atoms with Crippen LogP contribution in [0, 0.1) is 17.1 Å². The number of halogens is 1. The third kappa shape index (κ3) is 3.64. The zero-order chi connectivity index (χ0) is 13.7. The summed E-state index contributed by atoms with van der Waals surface area (Å²) < 4.78 is 13.0. The zero-order valence-corrected chi connectivity index (χ0v) is 10.7. The molecule has 0 saturated carbocycles. The van der Waals surface area contributed by atoms with E-state index in [1.165, 1.54) is 12.1 Å². The van der Waals surface area contributed by atoms with E-state index in [-0.39, 0.29) is 11.9 Å². The molecular weight excluding hydrogens is 239 g/mol. The van der Waals surface area contributed by atoms with Gasteiger partial charge in [-0.05, 0) is 42.3 Å². The Hall–Kier alpha value is -2.18. The molecule has 96 valence electrons. The number of nitrogens with one attached hydrogen (secondary N) is 1. The van der Waals surface area contributed by atoms with Gasteiger partial charge in [-0.15, -0.1) is 0 Å². The van der Waals surface area contributed by atoms with Gasteiger partial charge in [-0.1, -0.05) is 24.3 Å². The molecule has 0 heterocycles. The number of benzene rings is 2. The topological polar surface area (TPSA) is 35.8 Å². The van der Waals surface area contributed by atoms with Crippen LogP contribution in [-0.4, -0.2) is 0 Å². The molecule has 0 bridgehead atoms. The number of hydrogen-bond acceptors (Lipinski definition) is 2. The van der Waals surface area contributed by atoms with Crippen molar-refractivity contribution in [1.82, 2.24) is 5.32 Å². The van der Waals surface area contributed by atoms with Crippen LogP contribution in [0.25, 0.3) is 0 Å². The number of nitriles is 1. The van der Waals surface area contributed by atoms with Crippen LogP contribution in [0.3, 0.4) is 0 Å². The number of hydrogen-bond donors (Lipinski definition) is 1. The van der Waals surface area contributed by atoms with Crippen LogP contribution in [0.1, 0.15) is 29.7 Å². The van der Waals surface area contributed by atoms with Crippen molar-refractivity contribution in [2.45, 2.75) is 19.5 Å². The number of rotatable bonds is 4. The van der Waals surface area contributed by atoms with Crippen molar-refractivity contribution in [3.8, 4) is 6.07 Å². The summed E-state index contributed by atoms with van der Waals surface area (Å²) in [6, 6.07) is 16.3. The molecule has 0 spiro atoms. The highest BCUT2D eigenvalue weighted by atomic mass is 19.1. The quantitative estimate of drug-likeness (QED) is 0.905. The fourth-order valence-corrected chi connectivity index (χ4v) is 1.91. The summed E-state index contributed by atoms with van der Waals surface area (Å²) in [5.74, 6) is -0.224. The van der Waals surface area contributed by atoms with Gasteiger partial charge in [0.05, 0.1) is 11.6 Å². The second-order valence-electron chi connectivity index (χ2n) is 4.47. The van der Waals surface area contributed by atoms with Crippen molar-refractivity contribution >= 4 is 0 Å². The molecule has 0 aliphatic heterocycles. The molecule has 0 saturated heterocycles. The van der Waals surface area contributed by atoms with Crippen LogP contribution in [-0.2, 0) is 6.54 Å². The van der Waals surface area contributed by atoms with Gasteiger partial charge in [0.15, 0.2) is 0 Å². The van der Waals surface area contributed by atoms with E-state index in [2.05, 4.69) is 11.4 Å². The van der Waals surface area contributed by atoms with Crippen LogP contribution < -0.4 is 5.32 Å². The Morgan fingerprint density at radius 1 is 1.21 bits per heavy atom. The van der Waals surface area contributed by atoms with E-state index in [4.69, 9.17) is 5.26 Å². The van der Waals surface area contributed by atoms with Crippen molar-refractivity contribution in [1.29, 1.82) is 5.26 Å². The van der Waals surface area contributed by atoms with Gasteiger partial charge < -0.3 is 5.32 Å². The normalized spacial score (nSPS) is 11.8. The minimum Gasteiger partial charge on any atom is -0.306 e. The Labute approximate surface area is 112 Å². The molecular formula is C16H15FN2. The lowest BCUT2D eigenvalue weighted by Gasteiger charge is -2.14. The molecule has 0 fully saturated rings. The molecule has 3 heteroatoms. The van der Waals surface area contributed by atoms with Crippen molar-refractivity contribution in [3.05, 3.63) is 71.0 Å². The highest BCUT2D eigenvalue weighted by molar-refractivity contribution is 5.34. The van der Waals surface area contributed by atoms with Crippen molar-refractivity contribution in [2.24, 2.45) is 0 Å². The summed E-state index contributed by atoms with van der Waals surface area (Å²) in [5, 5.41) is 12.2. The molecule has 0 amide bonds. The summed E-state index contributed by atoms with van der Waals surface area (Å²) in [5.41, 5.74) is 2.61. The van der Waals surface area contributed by atoms with E-state index in [1.807, 2.05) is 31.2 Å². The van der Waals surface area contributed by atoms with Crippen molar-refractivity contribution in [2.75, 3.05) is 0 Å². The molecule has 2 rings (SSSR count). The van der Waals surface area contributed by atoms with Crippen LogP contribution in [0.15, 0.2) is 48.5 Å². The highest BCUT2D eigenvalue weighted by Crippen LogP contribution is 2.14. The third-order valence-corrected chi connectivity index (χ3v) is 3.02. The predicted octanol–water partition coefficient (Wildman–Crippen LogP) is 3.55. The Balaban J connectivity index is 2.01. The SMILES string of the molecule is CC(NCc1cccc(F)c1)c1cccc(C#N)c1. The predicted molar refractivity (Wildman–Crippen MR) is 72.8 cm³/mol. The molecule has 0 aromatic heterocycles. The van der Waals surface area contributed by atoms with Crippen LogP contribution in [0.2, 0.25) is 0 Å². The average Bonchev–Trinajstić information content (AvgIpc) is 2.45. The first-order valence-corrected chi connectivity index (χ1v) is 6.17. The number of nitrogens with zero attached hydrogens (tertiary/aromatic N) is 1. The summed E-state index contributed by atoms with van der Waals surface area (Å²) >= 11 is 0. The first kappa shape index (κ1) is 13.3. The molecule has 1 unspecified atom stereocenters. The molecule has 0 radical (unpaired) electrons. The molecule has 1 atom stereocenters. The smallest absolute Gasteiger partial charge is 0.123 e. The van der Waals surface area contributed by atoms with E-state index in [1.54, 1.807) is 12.1 Å². The maximum absolute atomic E-state index is 13.0. The molecule has 2 aromatic rings. The molecule has 2 nitrogen and oxygen atoms in total. The first-order valence-electron chi connectivity index (χ1n) is 6.17. The third-order valence-electron chi connectivity index (χ3n) is 3.02.